The van der Waals surface area contributed by atoms with E-state index in [4.69, 9.17) is 9.97 Å². The molecule has 1 saturated heterocycles. The summed E-state index contributed by atoms with van der Waals surface area (Å²) in [5, 5.41) is 7.93. The van der Waals surface area contributed by atoms with Crippen molar-refractivity contribution in [3.8, 4) is 0 Å². The van der Waals surface area contributed by atoms with Gasteiger partial charge in [-0.05, 0) is 51.1 Å². The molecule has 4 rings (SSSR count). The number of aromatic nitrogens is 4. The Morgan fingerprint density at radius 3 is 2.52 bits per heavy atom. The van der Waals surface area contributed by atoms with Crippen LogP contribution in [0.15, 0.2) is 12.4 Å². The van der Waals surface area contributed by atoms with Crippen molar-refractivity contribution in [1.29, 1.82) is 0 Å². The SMILES string of the molecule is Cc1cnn(CC2CCN(c3nc(C)nc4c3CCNCC4)CC2)c1.Cl.Cl. The van der Waals surface area contributed by atoms with Crippen LogP contribution in [0.2, 0.25) is 0 Å². The second kappa shape index (κ2) is 9.71. The summed E-state index contributed by atoms with van der Waals surface area (Å²) in [6.07, 6.45) is 8.55. The molecular weight excluding hydrogens is 383 g/mol. The Hall–Kier alpha value is -1.37. The lowest BCUT2D eigenvalue weighted by Crippen LogP contribution is -2.36. The van der Waals surface area contributed by atoms with Gasteiger partial charge in [0.2, 0.25) is 0 Å². The number of hydrogen-bond acceptors (Lipinski definition) is 5. The fourth-order valence-electron chi connectivity index (χ4n) is 4.07. The molecule has 0 aliphatic carbocycles. The zero-order valence-electron chi connectivity index (χ0n) is 16.1. The van der Waals surface area contributed by atoms with Gasteiger partial charge < -0.3 is 10.2 Å². The number of fused-ring (bicyclic) bond motifs is 1. The van der Waals surface area contributed by atoms with Crippen molar-refractivity contribution < 1.29 is 0 Å². The molecule has 0 atom stereocenters. The molecule has 1 fully saturated rings. The summed E-state index contributed by atoms with van der Waals surface area (Å²) in [6.45, 7) is 9.38. The summed E-state index contributed by atoms with van der Waals surface area (Å²) in [5.41, 5.74) is 3.86. The molecule has 0 bridgehead atoms. The van der Waals surface area contributed by atoms with Gasteiger partial charge in [0.25, 0.3) is 0 Å². The summed E-state index contributed by atoms with van der Waals surface area (Å²) < 4.78 is 2.10. The Bertz CT molecular complexity index is 740. The molecule has 1 N–H and O–H groups in total. The van der Waals surface area contributed by atoms with E-state index in [0.717, 1.165) is 51.4 Å². The quantitative estimate of drug-likeness (QED) is 0.839. The van der Waals surface area contributed by atoms with Gasteiger partial charge in [0.1, 0.15) is 11.6 Å². The van der Waals surface area contributed by atoms with Crippen LogP contribution in [0.5, 0.6) is 0 Å². The lowest BCUT2D eigenvalue weighted by Gasteiger charge is -2.34. The minimum Gasteiger partial charge on any atom is -0.356 e. The van der Waals surface area contributed by atoms with Crippen molar-refractivity contribution in [3.05, 3.63) is 35.0 Å². The van der Waals surface area contributed by atoms with Gasteiger partial charge >= 0.3 is 0 Å². The lowest BCUT2D eigenvalue weighted by atomic mass is 9.96. The van der Waals surface area contributed by atoms with Gasteiger partial charge in [-0.25, -0.2) is 9.97 Å². The third-order valence-corrected chi connectivity index (χ3v) is 5.39. The Balaban J connectivity index is 0.00000131. The van der Waals surface area contributed by atoms with Gasteiger partial charge in [-0.15, -0.1) is 24.8 Å². The maximum atomic E-state index is 4.83. The van der Waals surface area contributed by atoms with Crippen LogP contribution >= 0.6 is 24.8 Å². The number of nitrogens with one attached hydrogen (secondary N) is 1. The number of halogens is 2. The van der Waals surface area contributed by atoms with E-state index in [1.807, 2.05) is 13.1 Å². The summed E-state index contributed by atoms with van der Waals surface area (Å²) in [7, 11) is 0. The Morgan fingerprint density at radius 1 is 1.07 bits per heavy atom. The topological polar surface area (TPSA) is 58.9 Å². The Kier molecular flexibility index (Phi) is 7.89. The molecule has 2 aliphatic rings. The molecule has 0 unspecified atom stereocenters. The monoisotopic (exact) mass is 412 g/mol. The highest BCUT2D eigenvalue weighted by Gasteiger charge is 2.25. The van der Waals surface area contributed by atoms with Crippen molar-refractivity contribution in [1.82, 2.24) is 25.1 Å². The number of nitrogens with zero attached hydrogens (tertiary/aromatic N) is 5. The maximum Gasteiger partial charge on any atom is 0.135 e. The molecule has 2 aliphatic heterocycles. The molecule has 8 heteroatoms. The summed E-state index contributed by atoms with van der Waals surface area (Å²) in [4.78, 5) is 12.0. The predicted octanol–water partition coefficient (Wildman–Crippen LogP) is 2.74. The van der Waals surface area contributed by atoms with Crippen molar-refractivity contribution >= 4 is 30.6 Å². The molecule has 6 nitrogen and oxygen atoms in total. The van der Waals surface area contributed by atoms with Crippen molar-refractivity contribution in [2.24, 2.45) is 5.92 Å². The first-order chi connectivity index (χ1) is 12.2. The van der Waals surface area contributed by atoms with Gasteiger partial charge in [-0.3, -0.25) is 4.68 Å². The van der Waals surface area contributed by atoms with Gasteiger partial charge in [0, 0.05) is 44.4 Å². The molecule has 4 heterocycles. The zero-order valence-corrected chi connectivity index (χ0v) is 17.8. The van der Waals surface area contributed by atoms with E-state index in [1.54, 1.807) is 0 Å². The Labute approximate surface area is 174 Å². The number of rotatable bonds is 3. The minimum absolute atomic E-state index is 0. The van der Waals surface area contributed by atoms with Crippen LogP contribution in [0, 0.1) is 19.8 Å². The molecule has 0 amide bonds. The summed E-state index contributed by atoms with van der Waals surface area (Å²) in [5.74, 6) is 2.81. The Morgan fingerprint density at radius 2 is 1.81 bits per heavy atom. The molecular formula is C19H30Cl2N6. The minimum atomic E-state index is 0. The van der Waals surface area contributed by atoms with Gasteiger partial charge in [-0.1, -0.05) is 0 Å². The highest BCUT2D eigenvalue weighted by Crippen LogP contribution is 2.28. The van der Waals surface area contributed by atoms with Crippen LogP contribution in [0.3, 0.4) is 0 Å². The van der Waals surface area contributed by atoms with Gasteiger partial charge in [-0.2, -0.15) is 5.10 Å². The fourth-order valence-corrected chi connectivity index (χ4v) is 4.07. The number of aryl methyl sites for hydroxylation is 2. The average molecular weight is 413 g/mol. The van der Waals surface area contributed by atoms with Crippen molar-refractivity contribution in [2.75, 3.05) is 31.1 Å². The van der Waals surface area contributed by atoms with Crippen LogP contribution in [0.4, 0.5) is 5.82 Å². The van der Waals surface area contributed by atoms with Crippen molar-refractivity contribution in [3.63, 3.8) is 0 Å². The first-order valence-corrected chi connectivity index (χ1v) is 9.50. The van der Waals surface area contributed by atoms with Crippen LogP contribution < -0.4 is 10.2 Å². The van der Waals surface area contributed by atoms with E-state index in [9.17, 15) is 0 Å². The molecule has 2 aromatic rings. The van der Waals surface area contributed by atoms with E-state index in [2.05, 4.69) is 33.1 Å². The normalized spacial score (nSPS) is 17.5. The van der Waals surface area contributed by atoms with Gasteiger partial charge in [0.15, 0.2) is 0 Å². The second-order valence-corrected chi connectivity index (χ2v) is 7.44. The highest BCUT2D eigenvalue weighted by molar-refractivity contribution is 5.85. The van der Waals surface area contributed by atoms with E-state index in [-0.39, 0.29) is 24.8 Å². The fraction of sp³-hybridized carbons (Fsp3) is 0.632. The smallest absolute Gasteiger partial charge is 0.135 e. The molecule has 0 radical (unpaired) electrons. The largest absolute Gasteiger partial charge is 0.356 e. The highest BCUT2D eigenvalue weighted by atomic mass is 35.5. The lowest BCUT2D eigenvalue weighted by molar-refractivity contribution is 0.341. The predicted molar refractivity (Wildman–Crippen MR) is 113 cm³/mol. The van der Waals surface area contributed by atoms with E-state index < -0.39 is 0 Å². The first kappa shape index (κ1) is 21.9. The standard InChI is InChI=1S/C19H28N6.2ClH/c1-14-11-21-25(12-14)13-16-5-9-24(10-6-16)19-17-3-7-20-8-4-18(17)22-15(2)23-19;;/h11-12,16,20H,3-10,13H2,1-2H3;2*1H. The summed E-state index contributed by atoms with van der Waals surface area (Å²) >= 11 is 0. The summed E-state index contributed by atoms with van der Waals surface area (Å²) in [6, 6.07) is 0. The molecule has 2 aromatic heterocycles. The number of piperidine rings is 1. The van der Waals surface area contributed by atoms with Crippen LogP contribution in [-0.4, -0.2) is 45.9 Å². The molecule has 0 spiro atoms. The zero-order chi connectivity index (χ0) is 17.2. The van der Waals surface area contributed by atoms with Crippen LogP contribution in [-0.2, 0) is 19.4 Å². The average Bonchev–Trinajstić information content (AvgIpc) is 2.87. The first-order valence-electron chi connectivity index (χ1n) is 9.50. The third-order valence-electron chi connectivity index (χ3n) is 5.39. The maximum absolute atomic E-state index is 4.83. The van der Waals surface area contributed by atoms with Crippen LogP contribution in [0.1, 0.15) is 35.5 Å². The van der Waals surface area contributed by atoms with E-state index in [0.29, 0.717) is 5.92 Å². The molecule has 0 aromatic carbocycles. The number of anilines is 1. The number of hydrogen-bond donors (Lipinski definition) is 1. The van der Waals surface area contributed by atoms with Crippen molar-refractivity contribution in [2.45, 2.75) is 46.1 Å². The third kappa shape index (κ3) is 5.12. The van der Waals surface area contributed by atoms with E-state index >= 15 is 0 Å². The molecule has 27 heavy (non-hydrogen) atoms. The van der Waals surface area contributed by atoms with E-state index in [1.165, 1.54) is 35.5 Å². The van der Waals surface area contributed by atoms with Gasteiger partial charge in [0.05, 0.1) is 11.9 Å². The second-order valence-electron chi connectivity index (χ2n) is 7.44. The van der Waals surface area contributed by atoms with Crippen LogP contribution in [0.25, 0.3) is 0 Å². The molecule has 0 saturated carbocycles. The molecule has 150 valence electrons.